The summed E-state index contributed by atoms with van der Waals surface area (Å²) in [5.74, 6) is -1.54. The fraction of sp³-hybridized carbons (Fsp3) is 0.318. The third kappa shape index (κ3) is 4.25. The lowest BCUT2D eigenvalue weighted by atomic mass is 9.92. The van der Waals surface area contributed by atoms with Crippen molar-refractivity contribution in [3.8, 4) is 5.75 Å². The molecule has 1 fully saturated rings. The van der Waals surface area contributed by atoms with E-state index in [1.54, 1.807) is 19.1 Å². The average molecular weight is 449 g/mol. The molecule has 1 aliphatic heterocycles. The molecule has 0 radical (unpaired) electrons. The molecule has 3 rings (SSSR count). The highest BCUT2D eigenvalue weighted by Crippen LogP contribution is 2.31. The van der Waals surface area contributed by atoms with Gasteiger partial charge in [0, 0.05) is 23.5 Å². The van der Waals surface area contributed by atoms with Crippen LogP contribution < -0.4 is 10.1 Å². The number of alkyl halides is 3. The maximum absolute atomic E-state index is 13.0. The van der Waals surface area contributed by atoms with Crippen LogP contribution in [0, 0.1) is 13.8 Å². The monoisotopic (exact) mass is 449 g/mol. The van der Waals surface area contributed by atoms with Gasteiger partial charge >= 0.3 is 12.4 Å². The molecule has 7 nitrogen and oxygen atoms in total. The smallest absolute Gasteiger partial charge is 0.406 e. The standard InChI is InChI=1S/C22H22F3N3O4/c1-5-10-27-13(2)11-17(14(27)3)18(29)12-28-19(30)21(4,26-20(28)31)15-6-8-16(9-7-15)32-22(23,24)25/h5-9,11H,1,10,12H2,2-4H3,(H,26,31). The van der Waals surface area contributed by atoms with E-state index in [-0.39, 0.29) is 5.56 Å². The minimum Gasteiger partial charge on any atom is -0.406 e. The van der Waals surface area contributed by atoms with Gasteiger partial charge in [-0.1, -0.05) is 18.2 Å². The van der Waals surface area contributed by atoms with Gasteiger partial charge in [-0.25, -0.2) is 4.79 Å². The Morgan fingerprint density at radius 3 is 2.41 bits per heavy atom. The van der Waals surface area contributed by atoms with Crippen molar-refractivity contribution >= 4 is 17.7 Å². The van der Waals surface area contributed by atoms with Crippen LogP contribution in [0.15, 0.2) is 43.0 Å². The molecule has 1 N–H and O–H groups in total. The topological polar surface area (TPSA) is 80.6 Å². The van der Waals surface area contributed by atoms with Gasteiger partial charge in [-0.05, 0) is 44.5 Å². The molecule has 1 saturated heterocycles. The summed E-state index contributed by atoms with van der Waals surface area (Å²) in [6.45, 7) is 8.77. The average Bonchev–Trinajstić information content (AvgIpc) is 3.10. The summed E-state index contributed by atoms with van der Waals surface area (Å²) in [4.78, 5) is 39.2. The first-order chi connectivity index (χ1) is 14.9. The van der Waals surface area contributed by atoms with Crippen LogP contribution in [0.25, 0.3) is 0 Å². The number of nitrogens with one attached hydrogen (secondary N) is 1. The van der Waals surface area contributed by atoms with Gasteiger partial charge in [0.25, 0.3) is 5.91 Å². The van der Waals surface area contributed by atoms with E-state index in [0.717, 1.165) is 22.7 Å². The molecular weight excluding hydrogens is 427 g/mol. The van der Waals surface area contributed by atoms with Crippen molar-refractivity contribution in [3.05, 3.63) is 65.5 Å². The Bertz CT molecular complexity index is 1090. The molecule has 0 bridgehead atoms. The summed E-state index contributed by atoms with van der Waals surface area (Å²) < 4.78 is 42.8. The van der Waals surface area contributed by atoms with Gasteiger partial charge in [-0.15, -0.1) is 19.8 Å². The molecule has 1 atom stereocenters. The third-order valence-corrected chi connectivity index (χ3v) is 5.43. The minimum atomic E-state index is -4.85. The summed E-state index contributed by atoms with van der Waals surface area (Å²) in [7, 11) is 0. The zero-order valence-corrected chi connectivity index (χ0v) is 17.7. The van der Waals surface area contributed by atoms with E-state index in [9.17, 15) is 27.6 Å². The highest BCUT2D eigenvalue weighted by molar-refractivity contribution is 6.11. The van der Waals surface area contributed by atoms with Gasteiger partial charge in [0.2, 0.25) is 0 Å². The van der Waals surface area contributed by atoms with Crippen LogP contribution in [0.2, 0.25) is 0 Å². The molecule has 1 unspecified atom stereocenters. The Hall–Kier alpha value is -3.56. The van der Waals surface area contributed by atoms with Gasteiger partial charge in [-0.2, -0.15) is 0 Å². The van der Waals surface area contributed by atoms with Gasteiger partial charge in [0.15, 0.2) is 5.78 Å². The van der Waals surface area contributed by atoms with E-state index in [1.807, 2.05) is 11.5 Å². The number of urea groups is 1. The Morgan fingerprint density at radius 2 is 1.84 bits per heavy atom. The predicted octanol–water partition coefficient (Wildman–Crippen LogP) is 3.84. The minimum absolute atomic E-state index is 0.254. The van der Waals surface area contributed by atoms with E-state index in [1.165, 1.54) is 19.1 Å². The SMILES string of the molecule is C=CCn1c(C)cc(C(=O)CN2C(=O)NC(C)(c3ccc(OC(F)(F)F)cc3)C2=O)c1C. The number of benzene rings is 1. The number of aryl methyl sites for hydroxylation is 1. The molecule has 3 amide bonds. The molecule has 1 aromatic carbocycles. The lowest BCUT2D eigenvalue weighted by molar-refractivity contribution is -0.274. The fourth-order valence-corrected chi connectivity index (χ4v) is 3.75. The van der Waals surface area contributed by atoms with Crippen LogP contribution in [0.4, 0.5) is 18.0 Å². The summed E-state index contributed by atoms with van der Waals surface area (Å²) in [5.41, 5.74) is 0.654. The number of allylic oxidation sites excluding steroid dienone is 1. The lowest BCUT2D eigenvalue weighted by Gasteiger charge is -2.22. The summed E-state index contributed by atoms with van der Waals surface area (Å²) in [5, 5.41) is 2.53. The number of amides is 3. The highest BCUT2D eigenvalue weighted by Gasteiger charge is 2.49. The molecule has 170 valence electrons. The number of ether oxygens (including phenoxy) is 1. The number of aromatic nitrogens is 1. The van der Waals surface area contributed by atoms with Crippen LogP contribution >= 0.6 is 0 Å². The zero-order valence-electron chi connectivity index (χ0n) is 17.7. The Kier molecular flexibility index (Phi) is 5.90. The number of Topliss-reactive ketones (excluding diaryl/α,β-unsaturated/α-hetero) is 1. The number of carbonyl (C=O) groups is 3. The predicted molar refractivity (Wildman–Crippen MR) is 109 cm³/mol. The first-order valence-electron chi connectivity index (χ1n) is 9.68. The molecule has 32 heavy (non-hydrogen) atoms. The third-order valence-electron chi connectivity index (χ3n) is 5.43. The second-order valence-corrected chi connectivity index (χ2v) is 7.63. The largest absolute Gasteiger partial charge is 0.573 e. The van der Waals surface area contributed by atoms with E-state index in [0.29, 0.717) is 17.8 Å². The van der Waals surface area contributed by atoms with Crippen LogP contribution in [-0.2, 0) is 16.9 Å². The molecule has 1 aliphatic rings. The van der Waals surface area contributed by atoms with Crippen LogP contribution in [0.5, 0.6) is 5.75 Å². The van der Waals surface area contributed by atoms with Crippen LogP contribution in [0.3, 0.4) is 0 Å². The van der Waals surface area contributed by atoms with Gasteiger partial charge in [0.1, 0.15) is 11.3 Å². The molecule has 0 aliphatic carbocycles. The molecular formula is C22H22F3N3O4. The second-order valence-electron chi connectivity index (χ2n) is 7.63. The van der Waals surface area contributed by atoms with Crippen molar-refractivity contribution in [3.63, 3.8) is 0 Å². The summed E-state index contributed by atoms with van der Waals surface area (Å²) in [6.07, 6.45) is -3.15. The fourth-order valence-electron chi connectivity index (χ4n) is 3.75. The summed E-state index contributed by atoms with van der Waals surface area (Å²) in [6, 6.07) is 5.55. The van der Waals surface area contributed by atoms with Crippen LogP contribution in [0.1, 0.15) is 34.2 Å². The number of hydrogen-bond acceptors (Lipinski definition) is 4. The van der Waals surface area contributed by atoms with E-state index < -0.39 is 41.9 Å². The van der Waals surface area contributed by atoms with Crippen molar-refractivity contribution in [1.82, 2.24) is 14.8 Å². The molecule has 0 saturated carbocycles. The van der Waals surface area contributed by atoms with Crippen molar-refractivity contribution < 1.29 is 32.3 Å². The Morgan fingerprint density at radius 1 is 1.22 bits per heavy atom. The first-order valence-corrected chi connectivity index (χ1v) is 9.68. The number of halogens is 3. The molecule has 1 aromatic heterocycles. The second kappa shape index (κ2) is 8.18. The molecule has 2 heterocycles. The van der Waals surface area contributed by atoms with Gasteiger partial charge in [0.05, 0.1) is 6.54 Å². The van der Waals surface area contributed by atoms with Crippen molar-refractivity contribution in [2.24, 2.45) is 0 Å². The molecule has 2 aromatic rings. The van der Waals surface area contributed by atoms with E-state index >= 15 is 0 Å². The van der Waals surface area contributed by atoms with Gasteiger partial charge in [-0.3, -0.25) is 14.5 Å². The van der Waals surface area contributed by atoms with Gasteiger partial charge < -0.3 is 14.6 Å². The maximum atomic E-state index is 13.0. The number of ketones is 1. The normalized spacial score (nSPS) is 18.6. The Balaban J connectivity index is 1.80. The maximum Gasteiger partial charge on any atom is 0.573 e. The van der Waals surface area contributed by atoms with Crippen molar-refractivity contribution in [2.45, 2.75) is 39.2 Å². The number of rotatable bonds is 7. The number of nitrogens with zero attached hydrogens (tertiary/aromatic N) is 2. The molecule has 10 heteroatoms. The summed E-state index contributed by atoms with van der Waals surface area (Å²) >= 11 is 0. The van der Waals surface area contributed by atoms with Crippen molar-refractivity contribution in [1.29, 1.82) is 0 Å². The first kappa shape index (κ1) is 23.1. The zero-order chi connectivity index (χ0) is 23.8. The van der Waals surface area contributed by atoms with E-state index in [4.69, 9.17) is 0 Å². The van der Waals surface area contributed by atoms with Crippen LogP contribution in [-0.4, -0.2) is 40.1 Å². The molecule has 0 spiro atoms. The number of imide groups is 1. The quantitative estimate of drug-likeness (QED) is 0.396. The Labute approximate surface area is 182 Å². The lowest BCUT2D eigenvalue weighted by Crippen LogP contribution is -2.41. The van der Waals surface area contributed by atoms with Crippen molar-refractivity contribution in [2.75, 3.05) is 6.54 Å². The number of carbonyl (C=O) groups excluding carboxylic acids is 3. The van der Waals surface area contributed by atoms with E-state index in [2.05, 4.69) is 16.6 Å². The number of hydrogen-bond donors (Lipinski definition) is 1. The highest BCUT2D eigenvalue weighted by atomic mass is 19.4.